The summed E-state index contributed by atoms with van der Waals surface area (Å²) in [6.45, 7) is 1.85. The summed E-state index contributed by atoms with van der Waals surface area (Å²) >= 11 is 0. The first-order valence-corrected chi connectivity index (χ1v) is 8.37. The lowest BCUT2D eigenvalue weighted by molar-refractivity contribution is 0.601. The van der Waals surface area contributed by atoms with Gasteiger partial charge in [0.25, 0.3) is 10.0 Å². The van der Waals surface area contributed by atoms with Crippen molar-refractivity contribution in [3.63, 3.8) is 0 Å². The molecule has 0 aliphatic heterocycles. The lowest BCUT2D eigenvalue weighted by atomic mass is 10.1. The highest BCUT2D eigenvalue weighted by Gasteiger charge is 2.20. The number of H-pyrrole nitrogens is 1. The fourth-order valence-corrected chi connectivity index (χ4v) is 3.70. The number of hydrogen-bond acceptors (Lipinski definition) is 2. The molecule has 0 amide bonds. The number of aromatic nitrogens is 1. The van der Waals surface area contributed by atoms with Crippen molar-refractivity contribution < 1.29 is 12.8 Å². The number of sulfonamides is 1. The van der Waals surface area contributed by atoms with Crippen molar-refractivity contribution in [3.05, 3.63) is 60.0 Å². The largest absolute Gasteiger partial charge is 0.360 e. The third-order valence-electron chi connectivity index (χ3n) is 3.53. The zero-order valence-corrected chi connectivity index (χ0v) is 12.7. The van der Waals surface area contributed by atoms with E-state index in [1.165, 1.54) is 24.4 Å². The molecule has 0 saturated heterocycles. The number of aryl methyl sites for hydroxylation is 1. The van der Waals surface area contributed by atoms with Crippen molar-refractivity contribution in [2.45, 2.75) is 18.2 Å². The van der Waals surface area contributed by atoms with Crippen molar-refractivity contribution >= 4 is 26.6 Å². The number of halogens is 1. The summed E-state index contributed by atoms with van der Waals surface area (Å²) < 4.78 is 41.0. The maximum atomic E-state index is 13.3. The summed E-state index contributed by atoms with van der Waals surface area (Å²) in [4.78, 5) is 3.11. The molecule has 6 heteroatoms. The number of anilines is 1. The Morgan fingerprint density at radius 2 is 1.95 bits per heavy atom. The van der Waals surface area contributed by atoms with Gasteiger partial charge in [-0.05, 0) is 36.2 Å². The molecule has 0 fully saturated rings. The van der Waals surface area contributed by atoms with Crippen LogP contribution in [0.3, 0.4) is 0 Å². The van der Waals surface area contributed by atoms with Crippen LogP contribution in [0.2, 0.25) is 0 Å². The Bertz CT molecular complexity index is 932. The van der Waals surface area contributed by atoms with Crippen LogP contribution in [0.25, 0.3) is 10.9 Å². The number of nitrogens with one attached hydrogen (secondary N) is 2. The predicted molar refractivity (Wildman–Crippen MR) is 84.9 cm³/mol. The summed E-state index contributed by atoms with van der Waals surface area (Å²) in [7, 11) is -3.75. The van der Waals surface area contributed by atoms with E-state index in [0.29, 0.717) is 23.1 Å². The molecule has 1 aromatic heterocycles. The molecular weight excluding hydrogens is 303 g/mol. The van der Waals surface area contributed by atoms with Crippen molar-refractivity contribution in [2.24, 2.45) is 0 Å². The zero-order valence-electron chi connectivity index (χ0n) is 11.9. The van der Waals surface area contributed by atoms with E-state index in [0.717, 1.165) is 5.52 Å². The normalized spacial score (nSPS) is 11.7. The van der Waals surface area contributed by atoms with E-state index in [9.17, 15) is 12.8 Å². The third-order valence-corrected chi connectivity index (χ3v) is 4.94. The minimum atomic E-state index is -3.75. The molecule has 0 bridgehead atoms. The highest BCUT2D eigenvalue weighted by Crippen LogP contribution is 2.26. The van der Waals surface area contributed by atoms with Crippen LogP contribution in [0.4, 0.5) is 10.1 Å². The molecule has 114 valence electrons. The first-order valence-electron chi connectivity index (χ1n) is 6.88. The number of fused-ring (bicyclic) bond motifs is 1. The van der Waals surface area contributed by atoms with Crippen LogP contribution in [-0.2, 0) is 16.4 Å². The van der Waals surface area contributed by atoms with Gasteiger partial charge in [0.15, 0.2) is 0 Å². The van der Waals surface area contributed by atoms with Gasteiger partial charge in [-0.2, -0.15) is 0 Å². The lowest BCUT2D eigenvalue weighted by Gasteiger charge is -2.11. The first kappa shape index (κ1) is 14.6. The van der Waals surface area contributed by atoms with Crippen molar-refractivity contribution in [1.82, 2.24) is 4.98 Å². The number of para-hydroxylation sites is 1. The molecule has 4 nitrogen and oxygen atoms in total. The molecule has 0 saturated carbocycles. The number of hydrogen-bond donors (Lipinski definition) is 2. The number of rotatable bonds is 4. The fraction of sp³-hybridized carbons (Fsp3) is 0.125. The molecule has 2 N–H and O–H groups in total. The highest BCUT2D eigenvalue weighted by atomic mass is 32.2. The summed E-state index contributed by atoms with van der Waals surface area (Å²) in [6.07, 6.45) is 1.99. The van der Waals surface area contributed by atoms with Crippen molar-refractivity contribution in [3.8, 4) is 0 Å². The van der Waals surface area contributed by atoms with Gasteiger partial charge in [-0.15, -0.1) is 0 Å². The third kappa shape index (κ3) is 2.57. The molecule has 22 heavy (non-hydrogen) atoms. The van der Waals surface area contributed by atoms with Gasteiger partial charge in [0.2, 0.25) is 0 Å². The van der Waals surface area contributed by atoms with Crippen LogP contribution in [0.1, 0.15) is 12.5 Å². The summed E-state index contributed by atoms with van der Waals surface area (Å²) in [6, 6.07) is 11.2. The smallest absolute Gasteiger partial charge is 0.264 e. The lowest BCUT2D eigenvalue weighted by Crippen LogP contribution is -2.14. The number of benzene rings is 2. The molecule has 0 radical (unpaired) electrons. The average molecular weight is 318 g/mol. The zero-order chi connectivity index (χ0) is 15.7. The van der Waals surface area contributed by atoms with Crippen LogP contribution in [0.15, 0.2) is 53.6 Å². The topological polar surface area (TPSA) is 62.0 Å². The van der Waals surface area contributed by atoms with E-state index < -0.39 is 10.0 Å². The second-order valence-corrected chi connectivity index (χ2v) is 6.61. The van der Waals surface area contributed by atoms with Gasteiger partial charge in [-0.3, -0.25) is 4.72 Å². The van der Waals surface area contributed by atoms with Crippen molar-refractivity contribution in [2.75, 3.05) is 4.72 Å². The summed E-state index contributed by atoms with van der Waals surface area (Å²) in [5.41, 5.74) is 1.76. The standard InChI is InChI=1S/C16H15FN2O2S/c1-2-11-9-12(17)7-8-14(11)19-22(20,21)16-10-18-15-6-4-3-5-13(15)16/h3-10,18-19H,2H2,1H3. The minimum Gasteiger partial charge on any atom is -0.360 e. The molecule has 0 spiro atoms. The average Bonchev–Trinajstić information content (AvgIpc) is 2.93. The van der Waals surface area contributed by atoms with Crippen LogP contribution >= 0.6 is 0 Å². The van der Waals surface area contributed by atoms with E-state index in [2.05, 4.69) is 9.71 Å². The maximum Gasteiger partial charge on any atom is 0.264 e. The van der Waals surface area contributed by atoms with Crippen molar-refractivity contribution in [1.29, 1.82) is 0 Å². The van der Waals surface area contributed by atoms with Gasteiger partial charge in [-0.1, -0.05) is 25.1 Å². The molecule has 0 unspecified atom stereocenters. The maximum absolute atomic E-state index is 13.3. The van der Waals surface area contributed by atoms with Crippen LogP contribution in [0, 0.1) is 5.82 Å². The highest BCUT2D eigenvalue weighted by molar-refractivity contribution is 7.93. The van der Waals surface area contributed by atoms with Gasteiger partial charge in [0.05, 0.1) is 5.69 Å². The fourth-order valence-electron chi connectivity index (χ4n) is 2.42. The second-order valence-electron chi connectivity index (χ2n) is 4.96. The Kier molecular flexibility index (Phi) is 3.62. The molecule has 2 aromatic carbocycles. The number of aromatic amines is 1. The van der Waals surface area contributed by atoms with Crippen LogP contribution < -0.4 is 4.72 Å². The first-order chi connectivity index (χ1) is 10.5. The predicted octanol–water partition coefficient (Wildman–Crippen LogP) is 3.67. The van der Waals surface area contributed by atoms with Crippen LogP contribution in [-0.4, -0.2) is 13.4 Å². The van der Waals surface area contributed by atoms with Gasteiger partial charge in [-0.25, -0.2) is 12.8 Å². The molecular formula is C16H15FN2O2S. The Balaban J connectivity index is 2.04. The molecule has 0 aliphatic carbocycles. The quantitative estimate of drug-likeness (QED) is 0.771. The molecule has 3 rings (SSSR count). The van der Waals surface area contributed by atoms with E-state index in [4.69, 9.17) is 0 Å². The van der Waals surface area contributed by atoms with E-state index in [1.54, 1.807) is 12.1 Å². The minimum absolute atomic E-state index is 0.175. The SMILES string of the molecule is CCc1cc(F)ccc1NS(=O)(=O)c1c[nH]c2ccccc12. The summed E-state index contributed by atoms with van der Waals surface area (Å²) in [5.74, 6) is -0.383. The Morgan fingerprint density at radius 3 is 2.73 bits per heavy atom. The molecule has 3 aromatic rings. The Morgan fingerprint density at radius 1 is 1.18 bits per heavy atom. The van der Waals surface area contributed by atoms with Gasteiger partial charge in [0, 0.05) is 17.1 Å². The molecule has 0 atom stereocenters. The van der Waals surface area contributed by atoms with E-state index >= 15 is 0 Å². The van der Waals surface area contributed by atoms with E-state index in [-0.39, 0.29) is 10.7 Å². The monoisotopic (exact) mass is 318 g/mol. The Hall–Kier alpha value is -2.34. The van der Waals surface area contributed by atoms with Crippen LogP contribution in [0.5, 0.6) is 0 Å². The Labute approximate surface area is 128 Å². The van der Waals surface area contributed by atoms with Gasteiger partial charge >= 0.3 is 0 Å². The van der Waals surface area contributed by atoms with Gasteiger partial charge in [0.1, 0.15) is 10.7 Å². The molecule has 1 heterocycles. The van der Waals surface area contributed by atoms with Gasteiger partial charge < -0.3 is 4.98 Å². The molecule has 0 aliphatic rings. The van der Waals surface area contributed by atoms with E-state index in [1.807, 2.05) is 19.1 Å². The second kappa shape index (κ2) is 5.46. The summed E-state index contributed by atoms with van der Waals surface area (Å²) in [5, 5.41) is 0.621.